The molecular formula is C13H15ClN2OS. The first-order valence-corrected chi connectivity index (χ1v) is 7.06. The van der Waals surface area contributed by atoms with Crippen molar-refractivity contribution in [3.8, 4) is 5.75 Å². The summed E-state index contributed by atoms with van der Waals surface area (Å²) in [4.78, 5) is 0. The van der Waals surface area contributed by atoms with Gasteiger partial charge in [-0.15, -0.1) is 5.10 Å². The van der Waals surface area contributed by atoms with Gasteiger partial charge < -0.3 is 4.74 Å². The van der Waals surface area contributed by atoms with Crippen LogP contribution in [0.25, 0.3) is 0 Å². The fraction of sp³-hybridized carbons (Fsp3) is 0.385. The summed E-state index contributed by atoms with van der Waals surface area (Å²) in [6.45, 7) is 4.73. The number of halogens is 1. The largest absolute Gasteiger partial charge is 0.487 e. The first-order valence-electron chi connectivity index (χ1n) is 5.90. The van der Waals surface area contributed by atoms with E-state index in [4.69, 9.17) is 16.3 Å². The molecule has 5 heteroatoms. The molecule has 1 unspecified atom stereocenters. The van der Waals surface area contributed by atoms with E-state index in [1.165, 1.54) is 17.1 Å². The van der Waals surface area contributed by atoms with Gasteiger partial charge in [-0.2, -0.15) is 0 Å². The predicted molar refractivity (Wildman–Crippen MR) is 74.4 cm³/mol. The molecule has 3 nitrogen and oxygen atoms in total. The summed E-state index contributed by atoms with van der Waals surface area (Å²) in [5.74, 6) is 1.38. The summed E-state index contributed by atoms with van der Waals surface area (Å²) in [5.41, 5.74) is 1.92. The standard InChI is InChI=1S/C13H15ClN2OS/c1-3-9(2)10-6-4-5-7-12(10)17-8-11-13(14)18-16-15-11/h4-7,9H,3,8H2,1-2H3. The zero-order valence-electron chi connectivity index (χ0n) is 10.4. The summed E-state index contributed by atoms with van der Waals surface area (Å²) in [6.07, 6.45) is 1.08. The van der Waals surface area contributed by atoms with Crippen molar-refractivity contribution in [3.63, 3.8) is 0 Å². The maximum Gasteiger partial charge on any atom is 0.141 e. The molecule has 0 saturated carbocycles. The lowest BCUT2D eigenvalue weighted by Gasteiger charge is -2.15. The topological polar surface area (TPSA) is 35.0 Å². The van der Waals surface area contributed by atoms with E-state index in [-0.39, 0.29) is 0 Å². The smallest absolute Gasteiger partial charge is 0.141 e. The molecule has 0 aliphatic carbocycles. The minimum Gasteiger partial charge on any atom is -0.487 e. The van der Waals surface area contributed by atoms with Crippen LogP contribution in [0.15, 0.2) is 24.3 Å². The third-order valence-electron chi connectivity index (χ3n) is 2.94. The molecule has 0 bridgehead atoms. The van der Waals surface area contributed by atoms with Crippen LogP contribution in [0.1, 0.15) is 37.4 Å². The molecule has 0 N–H and O–H groups in total. The molecule has 2 aromatic rings. The number of rotatable bonds is 5. The van der Waals surface area contributed by atoms with Crippen molar-refractivity contribution in [1.29, 1.82) is 0 Å². The molecule has 0 amide bonds. The van der Waals surface area contributed by atoms with Crippen LogP contribution in [0, 0.1) is 0 Å². The molecule has 1 atom stereocenters. The van der Waals surface area contributed by atoms with Crippen LogP contribution in [0.3, 0.4) is 0 Å². The van der Waals surface area contributed by atoms with Gasteiger partial charge in [-0.25, -0.2) is 0 Å². The summed E-state index contributed by atoms with van der Waals surface area (Å²) in [6, 6.07) is 8.09. The normalized spacial score (nSPS) is 12.4. The monoisotopic (exact) mass is 282 g/mol. The highest BCUT2D eigenvalue weighted by atomic mass is 35.5. The Bertz CT molecular complexity index is 515. The van der Waals surface area contributed by atoms with E-state index in [9.17, 15) is 0 Å². The lowest BCUT2D eigenvalue weighted by atomic mass is 9.98. The minimum atomic E-state index is 0.364. The molecule has 1 aromatic carbocycles. The van der Waals surface area contributed by atoms with Gasteiger partial charge in [-0.1, -0.05) is 48.1 Å². The summed E-state index contributed by atoms with van der Waals surface area (Å²) < 4.78 is 10.2. The lowest BCUT2D eigenvalue weighted by Crippen LogP contribution is -2.01. The van der Waals surface area contributed by atoms with E-state index in [0.29, 0.717) is 22.6 Å². The van der Waals surface area contributed by atoms with Crippen molar-refractivity contribution in [2.75, 3.05) is 0 Å². The van der Waals surface area contributed by atoms with Gasteiger partial charge in [0.25, 0.3) is 0 Å². The van der Waals surface area contributed by atoms with Gasteiger partial charge in [0.15, 0.2) is 0 Å². The van der Waals surface area contributed by atoms with Crippen LogP contribution in [-0.4, -0.2) is 9.59 Å². The Kier molecular flexibility index (Phi) is 4.55. The van der Waals surface area contributed by atoms with Crippen molar-refractivity contribution >= 4 is 23.1 Å². The average molecular weight is 283 g/mol. The van der Waals surface area contributed by atoms with Crippen molar-refractivity contribution in [2.45, 2.75) is 32.8 Å². The molecule has 96 valence electrons. The quantitative estimate of drug-likeness (QED) is 0.821. The second-order valence-corrected chi connectivity index (χ2v) is 5.49. The Morgan fingerprint density at radius 1 is 1.39 bits per heavy atom. The van der Waals surface area contributed by atoms with E-state index in [0.717, 1.165) is 12.2 Å². The summed E-state index contributed by atoms with van der Waals surface area (Å²) >= 11 is 7.13. The molecule has 0 aliphatic heterocycles. The Morgan fingerprint density at radius 3 is 2.83 bits per heavy atom. The molecule has 1 heterocycles. The summed E-state index contributed by atoms with van der Waals surface area (Å²) in [5, 5.41) is 3.94. The average Bonchev–Trinajstić information content (AvgIpc) is 2.81. The second kappa shape index (κ2) is 6.16. The van der Waals surface area contributed by atoms with Gasteiger partial charge in [-0.3, -0.25) is 0 Å². The zero-order valence-corrected chi connectivity index (χ0v) is 12.0. The maximum absolute atomic E-state index is 5.95. The first-order chi connectivity index (χ1) is 8.72. The van der Waals surface area contributed by atoms with E-state index in [1.807, 2.05) is 18.2 Å². The zero-order chi connectivity index (χ0) is 13.0. The molecule has 2 rings (SSSR count). The first kappa shape index (κ1) is 13.3. The van der Waals surface area contributed by atoms with Crippen molar-refractivity contribution in [2.24, 2.45) is 0 Å². The van der Waals surface area contributed by atoms with E-state index < -0.39 is 0 Å². The number of benzene rings is 1. The number of aromatic nitrogens is 2. The Hall–Kier alpha value is -1.13. The van der Waals surface area contributed by atoms with Crippen LogP contribution in [0.4, 0.5) is 0 Å². The van der Waals surface area contributed by atoms with Crippen LogP contribution < -0.4 is 4.74 Å². The van der Waals surface area contributed by atoms with E-state index in [1.54, 1.807) is 0 Å². The van der Waals surface area contributed by atoms with Crippen molar-refractivity contribution in [3.05, 3.63) is 39.9 Å². The number of hydrogen-bond acceptors (Lipinski definition) is 4. The SMILES string of the molecule is CCC(C)c1ccccc1OCc1nnsc1Cl. The molecule has 1 aromatic heterocycles. The van der Waals surface area contributed by atoms with E-state index in [2.05, 4.69) is 29.5 Å². The highest BCUT2D eigenvalue weighted by Gasteiger charge is 2.11. The third kappa shape index (κ3) is 3.00. The highest BCUT2D eigenvalue weighted by Crippen LogP contribution is 2.29. The van der Waals surface area contributed by atoms with Crippen LogP contribution in [0.5, 0.6) is 5.75 Å². The van der Waals surface area contributed by atoms with Gasteiger partial charge >= 0.3 is 0 Å². The second-order valence-electron chi connectivity index (χ2n) is 4.13. The molecule has 0 spiro atoms. The Morgan fingerprint density at radius 2 is 2.17 bits per heavy atom. The van der Waals surface area contributed by atoms with Gasteiger partial charge in [0.1, 0.15) is 22.4 Å². The number of ether oxygens (including phenoxy) is 1. The van der Waals surface area contributed by atoms with Crippen LogP contribution in [-0.2, 0) is 6.61 Å². The molecule has 0 saturated heterocycles. The molecule has 0 fully saturated rings. The lowest BCUT2D eigenvalue weighted by molar-refractivity contribution is 0.296. The maximum atomic E-state index is 5.95. The Labute approximate surface area is 116 Å². The van der Waals surface area contributed by atoms with Crippen LogP contribution in [0.2, 0.25) is 4.34 Å². The molecular weight excluding hydrogens is 268 g/mol. The van der Waals surface area contributed by atoms with Gasteiger partial charge in [-0.05, 0) is 24.0 Å². The van der Waals surface area contributed by atoms with Crippen LogP contribution >= 0.6 is 23.1 Å². The third-order valence-corrected chi connectivity index (χ3v) is 3.92. The van der Waals surface area contributed by atoms with Gasteiger partial charge in [0, 0.05) is 11.5 Å². The highest BCUT2D eigenvalue weighted by molar-refractivity contribution is 7.10. The minimum absolute atomic E-state index is 0.364. The van der Waals surface area contributed by atoms with Gasteiger partial charge in [0.2, 0.25) is 0 Å². The van der Waals surface area contributed by atoms with Crippen molar-refractivity contribution < 1.29 is 4.74 Å². The number of hydrogen-bond donors (Lipinski definition) is 0. The predicted octanol–water partition coefficient (Wildman–Crippen LogP) is 4.28. The molecule has 0 radical (unpaired) electrons. The van der Waals surface area contributed by atoms with Gasteiger partial charge in [0.05, 0.1) is 0 Å². The number of para-hydroxylation sites is 1. The summed E-state index contributed by atoms with van der Waals surface area (Å²) in [7, 11) is 0. The Balaban J connectivity index is 2.12. The van der Waals surface area contributed by atoms with E-state index >= 15 is 0 Å². The van der Waals surface area contributed by atoms with Crippen molar-refractivity contribution in [1.82, 2.24) is 9.59 Å². The molecule has 18 heavy (non-hydrogen) atoms. The molecule has 0 aliphatic rings. The number of nitrogens with zero attached hydrogens (tertiary/aromatic N) is 2. The fourth-order valence-corrected chi connectivity index (χ4v) is 2.27. The fourth-order valence-electron chi connectivity index (χ4n) is 1.67.